The predicted molar refractivity (Wildman–Crippen MR) is 161 cm³/mol. The number of carbonyl (C=O) groups is 1. The van der Waals surface area contributed by atoms with Crippen molar-refractivity contribution in [1.29, 1.82) is 0 Å². The van der Waals surface area contributed by atoms with Gasteiger partial charge in [-0.3, -0.25) is 15.8 Å². The molecule has 4 aliphatic heterocycles. The summed E-state index contributed by atoms with van der Waals surface area (Å²) in [5.41, 5.74) is 10.0. The molecule has 1 unspecified atom stereocenters. The smallest absolute Gasteiger partial charge is 0.282 e. The van der Waals surface area contributed by atoms with E-state index in [4.69, 9.17) is 10.5 Å². The van der Waals surface area contributed by atoms with E-state index in [0.717, 1.165) is 62.0 Å². The number of hydrogen-bond donors (Lipinski definition) is 4. The first-order valence-electron chi connectivity index (χ1n) is 15.5. The highest BCUT2D eigenvalue weighted by molar-refractivity contribution is 7.86. The first-order chi connectivity index (χ1) is 20.1. The van der Waals surface area contributed by atoms with Crippen molar-refractivity contribution in [3.63, 3.8) is 0 Å². The SMILES string of the molecule is CCC1CN(C)C2=C(N[C@@](N)(Nc3cc4c(cc3OC)CN(S(=O)(=O)N3CCCCC3)CC4)NC2=O)N1C1CCCC1. The molecule has 0 aromatic heterocycles. The minimum absolute atomic E-state index is 0.228. The van der Waals surface area contributed by atoms with Crippen LogP contribution in [0, 0.1) is 0 Å². The van der Waals surface area contributed by atoms with Crippen LogP contribution in [-0.2, 0) is 28.0 Å². The molecule has 232 valence electrons. The lowest BCUT2D eigenvalue weighted by Gasteiger charge is -2.52. The lowest BCUT2D eigenvalue weighted by atomic mass is 9.99. The number of hydrogen-bond acceptors (Lipinski definition) is 9. The fourth-order valence-corrected chi connectivity index (χ4v) is 9.06. The van der Waals surface area contributed by atoms with Crippen molar-refractivity contribution in [1.82, 2.24) is 29.0 Å². The Labute approximate surface area is 249 Å². The monoisotopic (exact) mass is 602 g/mol. The van der Waals surface area contributed by atoms with Crippen LogP contribution in [-0.4, -0.2) is 91.1 Å². The molecule has 0 radical (unpaired) electrons. The van der Waals surface area contributed by atoms with Gasteiger partial charge in [-0.1, -0.05) is 26.2 Å². The number of ether oxygens (including phenoxy) is 1. The van der Waals surface area contributed by atoms with Crippen molar-refractivity contribution in [2.24, 2.45) is 5.73 Å². The molecule has 5 N–H and O–H groups in total. The van der Waals surface area contributed by atoms with Crippen molar-refractivity contribution in [2.45, 2.75) is 89.3 Å². The molecule has 1 aromatic carbocycles. The van der Waals surface area contributed by atoms with Crippen LogP contribution in [0.15, 0.2) is 23.7 Å². The number of anilines is 1. The van der Waals surface area contributed by atoms with Crippen molar-refractivity contribution in [3.8, 4) is 5.75 Å². The van der Waals surface area contributed by atoms with Crippen LogP contribution in [0.2, 0.25) is 0 Å². The first kappa shape index (κ1) is 29.3. The Morgan fingerprint density at radius 2 is 1.79 bits per heavy atom. The fraction of sp³-hybridized carbons (Fsp3) is 0.690. The van der Waals surface area contributed by atoms with Crippen LogP contribution in [0.25, 0.3) is 0 Å². The van der Waals surface area contributed by atoms with Gasteiger partial charge in [-0.2, -0.15) is 17.0 Å². The molecular weight excluding hydrogens is 556 g/mol. The van der Waals surface area contributed by atoms with Gasteiger partial charge in [-0.15, -0.1) is 0 Å². The summed E-state index contributed by atoms with van der Waals surface area (Å²) in [7, 11) is 0.0313. The predicted octanol–water partition coefficient (Wildman–Crippen LogP) is 1.62. The minimum atomic E-state index is -3.51. The maximum absolute atomic E-state index is 13.6. The molecule has 4 heterocycles. The zero-order valence-corrected chi connectivity index (χ0v) is 25.9. The van der Waals surface area contributed by atoms with Gasteiger partial charge in [-0.05, 0) is 61.8 Å². The maximum Gasteiger partial charge on any atom is 0.282 e. The van der Waals surface area contributed by atoms with E-state index < -0.39 is 16.1 Å². The van der Waals surface area contributed by atoms with E-state index in [1.54, 1.807) is 15.7 Å². The summed E-state index contributed by atoms with van der Waals surface area (Å²) in [5, 5.41) is 9.76. The number of nitrogens with one attached hydrogen (secondary N) is 3. The third kappa shape index (κ3) is 5.29. The van der Waals surface area contributed by atoms with Gasteiger partial charge in [0.1, 0.15) is 17.3 Å². The molecule has 1 aromatic rings. The molecule has 1 saturated heterocycles. The van der Waals surface area contributed by atoms with Gasteiger partial charge in [0, 0.05) is 51.9 Å². The quantitative estimate of drug-likeness (QED) is 0.344. The molecule has 12 nitrogen and oxygen atoms in total. The number of piperidine rings is 1. The Balaban J connectivity index is 1.26. The van der Waals surface area contributed by atoms with Gasteiger partial charge in [0.2, 0.25) is 5.91 Å². The molecule has 1 amide bonds. The minimum Gasteiger partial charge on any atom is -0.495 e. The number of rotatable bonds is 7. The second-order valence-electron chi connectivity index (χ2n) is 12.4. The van der Waals surface area contributed by atoms with E-state index in [2.05, 4.69) is 27.8 Å². The summed E-state index contributed by atoms with van der Waals surface area (Å²) in [6, 6.07) is 4.52. The van der Waals surface area contributed by atoms with Gasteiger partial charge in [0.25, 0.3) is 16.1 Å². The molecular formula is C29H46N8O4S. The molecule has 5 aliphatic rings. The Morgan fingerprint density at radius 3 is 2.48 bits per heavy atom. The van der Waals surface area contributed by atoms with Crippen molar-refractivity contribution in [3.05, 3.63) is 34.8 Å². The van der Waals surface area contributed by atoms with Crippen LogP contribution >= 0.6 is 0 Å². The molecule has 2 fully saturated rings. The molecule has 0 bridgehead atoms. The highest BCUT2D eigenvalue weighted by atomic mass is 32.2. The second-order valence-corrected chi connectivity index (χ2v) is 14.3. The molecule has 13 heteroatoms. The number of carbonyl (C=O) groups excluding carboxylic acids is 1. The lowest BCUT2D eigenvalue weighted by Crippen LogP contribution is -2.76. The number of likely N-dealkylation sites (N-methyl/N-ethyl adjacent to an activating group) is 1. The topological polar surface area (TPSA) is 136 Å². The number of nitrogens with zero attached hydrogens (tertiary/aromatic N) is 4. The number of benzene rings is 1. The normalized spacial score (nSPS) is 27.8. The highest BCUT2D eigenvalue weighted by Crippen LogP contribution is 2.37. The van der Waals surface area contributed by atoms with Gasteiger partial charge in [-0.25, -0.2) is 0 Å². The number of nitrogens with two attached hydrogens (primary N) is 1. The molecule has 1 saturated carbocycles. The van der Waals surface area contributed by atoms with Crippen molar-refractivity contribution in [2.75, 3.05) is 45.7 Å². The Bertz CT molecular complexity index is 1340. The number of fused-ring (bicyclic) bond motifs is 1. The van der Waals surface area contributed by atoms with E-state index in [-0.39, 0.29) is 11.9 Å². The van der Waals surface area contributed by atoms with Gasteiger partial charge in [0.15, 0.2) is 0 Å². The zero-order chi connectivity index (χ0) is 29.6. The average molecular weight is 603 g/mol. The number of methoxy groups -OCH3 is 1. The summed E-state index contributed by atoms with van der Waals surface area (Å²) < 4.78 is 35.6. The highest BCUT2D eigenvalue weighted by Gasteiger charge is 2.46. The van der Waals surface area contributed by atoms with Crippen LogP contribution in [0.4, 0.5) is 5.69 Å². The van der Waals surface area contributed by atoms with E-state index in [1.807, 2.05) is 24.1 Å². The standard InChI is InChI=1S/C29H46N8O4S/c1-4-22-19-34(2)26-27(37(22)23-10-6-7-11-23)32-29(30,33-28(26)38)31-24-16-20-12-15-36(18-21(20)17-25(24)41-3)42(39,40)35-13-8-5-9-14-35/h16-17,22-23,31-32H,4-15,18-19,30H2,1-3H3,(H,33,38)/t22?,29-/m1/s1. The first-order valence-corrected chi connectivity index (χ1v) is 16.9. The van der Waals surface area contributed by atoms with Crippen LogP contribution in [0.5, 0.6) is 5.75 Å². The van der Waals surface area contributed by atoms with Crippen molar-refractivity contribution >= 4 is 21.8 Å². The van der Waals surface area contributed by atoms with Crippen LogP contribution in [0.1, 0.15) is 69.4 Å². The Hall–Kier alpha value is -2.74. The summed E-state index contributed by atoms with van der Waals surface area (Å²) in [6.07, 6.45) is 9.03. The summed E-state index contributed by atoms with van der Waals surface area (Å²) in [5.74, 6) is -0.374. The van der Waals surface area contributed by atoms with E-state index in [1.165, 1.54) is 12.8 Å². The largest absolute Gasteiger partial charge is 0.495 e. The molecule has 1 aliphatic carbocycles. The van der Waals surface area contributed by atoms with Crippen LogP contribution in [0.3, 0.4) is 0 Å². The van der Waals surface area contributed by atoms with Gasteiger partial charge < -0.3 is 25.2 Å². The molecule has 2 atom stereocenters. The summed E-state index contributed by atoms with van der Waals surface area (Å²) in [6.45, 7) is 4.86. The maximum atomic E-state index is 13.6. The van der Waals surface area contributed by atoms with E-state index in [9.17, 15) is 13.2 Å². The molecule has 42 heavy (non-hydrogen) atoms. The van der Waals surface area contributed by atoms with Crippen molar-refractivity contribution < 1.29 is 17.9 Å². The Kier molecular flexibility index (Phi) is 7.96. The third-order valence-electron chi connectivity index (χ3n) is 9.57. The van der Waals surface area contributed by atoms with E-state index >= 15 is 0 Å². The molecule has 6 rings (SSSR count). The second kappa shape index (κ2) is 11.4. The lowest BCUT2D eigenvalue weighted by molar-refractivity contribution is -0.123. The summed E-state index contributed by atoms with van der Waals surface area (Å²) >= 11 is 0. The zero-order valence-electron chi connectivity index (χ0n) is 25.1. The van der Waals surface area contributed by atoms with E-state index in [0.29, 0.717) is 55.8 Å². The average Bonchev–Trinajstić information content (AvgIpc) is 3.50. The van der Waals surface area contributed by atoms with Gasteiger partial charge in [0.05, 0.1) is 12.8 Å². The Morgan fingerprint density at radius 1 is 1.05 bits per heavy atom. The summed E-state index contributed by atoms with van der Waals surface area (Å²) in [4.78, 5) is 18.0. The van der Waals surface area contributed by atoms with Gasteiger partial charge >= 0.3 is 0 Å². The third-order valence-corrected chi connectivity index (χ3v) is 11.6. The molecule has 0 spiro atoms. The van der Waals surface area contributed by atoms with Crippen LogP contribution < -0.4 is 26.4 Å². The fourth-order valence-electron chi connectivity index (χ4n) is 7.39. The number of amides is 1.